The fraction of sp³-hybridized carbons (Fsp3) is 0.455. The maximum absolute atomic E-state index is 5.41. The number of rotatable bonds is 4. The lowest BCUT2D eigenvalue weighted by molar-refractivity contribution is 0.271. The number of imidazole rings is 1. The van der Waals surface area contributed by atoms with Crippen LogP contribution in [0.3, 0.4) is 0 Å². The second-order valence-corrected chi connectivity index (χ2v) is 4.56. The van der Waals surface area contributed by atoms with Crippen molar-refractivity contribution in [1.82, 2.24) is 29.5 Å². The molecule has 3 rings (SSSR count). The third-order valence-corrected chi connectivity index (χ3v) is 3.10. The van der Waals surface area contributed by atoms with Crippen molar-refractivity contribution in [1.29, 1.82) is 0 Å². The summed E-state index contributed by atoms with van der Waals surface area (Å²) in [6, 6.07) is 0. The third-order valence-electron chi connectivity index (χ3n) is 3.10. The minimum absolute atomic E-state index is 0.309. The van der Waals surface area contributed by atoms with Crippen LogP contribution >= 0.6 is 0 Å². The topological polar surface area (TPSA) is 110 Å². The van der Waals surface area contributed by atoms with Crippen molar-refractivity contribution in [3.63, 3.8) is 0 Å². The highest BCUT2D eigenvalue weighted by Crippen LogP contribution is 2.12. The number of anilines is 2. The molecule has 0 radical (unpaired) electrons. The van der Waals surface area contributed by atoms with E-state index in [2.05, 4.69) is 35.8 Å². The SMILES string of the molecule is NNc1nc(NN2CCCCC2)nc(-n2ccnc2)n1. The molecular weight excluding hydrogens is 258 g/mol. The van der Waals surface area contributed by atoms with Crippen LogP contribution in [0.5, 0.6) is 0 Å². The quantitative estimate of drug-likeness (QED) is 0.534. The molecule has 1 aliphatic rings. The maximum Gasteiger partial charge on any atom is 0.244 e. The maximum atomic E-state index is 5.41. The van der Waals surface area contributed by atoms with E-state index in [1.165, 1.54) is 19.3 Å². The molecule has 0 aromatic carbocycles. The first-order valence-electron chi connectivity index (χ1n) is 6.58. The van der Waals surface area contributed by atoms with Gasteiger partial charge in [0.2, 0.25) is 17.8 Å². The summed E-state index contributed by atoms with van der Waals surface area (Å²) >= 11 is 0. The van der Waals surface area contributed by atoms with E-state index < -0.39 is 0 Å². The second kappa shape index (κ2) is 5.80. The third kappa shape index (κ3) is 2.83. The van der Waals surface area contributed by atoms with Gasteiger partial charge in [0.1, 0.15) is 6.33 Å². The van der Waals surface area contributed by atoms with Gasteiger partial charge >= 0.3 is 0 Å². The molecule has 1 fully saturated rings. The molecule has 1 saturated heterocycles. The molecule has 4 N–H and O–H groups in total. The molecule has 0 spiro atoms. The minimum atomic E-state index is 0.309. The summed E-state index contributed by atoms with van der Waals surface area (Å²) in [7, 11) is 0. The Bertz CT molecular complexity index is 547. The van der Waals surface area contributed by atoms with Crippen LogP contribution in [0.1, 0.15) is 19.3 Å². The molecule has 2 aromatic rings. The van der Waals surface area contributed by atoms with Gasteiger partial charge in [-0.05, 0) is 12.8 Å². The van der Waals surface area contributed by atoms with Crippen LogP contribution in [0, 0.1) is 0 Å². The summed E-state index contributed by atoms with van der Waals surface area (Å²) in [4.78, 5) is 16.8. The smallest absolute Gasteiger partial charge is 0.244 e. The number of piperidine rings is 1. The molecule has 106 valence electrons. The number of nitrogen functional groups attached to an aromatic ring is 1. The first-order valence-corrected chi connectivity index (χ1v) is 6.58. The molecule has 0 unspecified atom stereocenters. The van der Waals surface area contributed by atoms with Crippen molar-refractivity contribution in [3.05, 3.63) is 18.7 Å². The normalized spacial score (nSPS) is 16.1. The lowest BCUT2D eigenvalue weighted by Gasteiger charge is -2.26. The van der Waals surface area contributed by atoms with Crippen molar-refractivity contribution >= 4 is 11.9 Å². The van der Waals surface area contributed by atoms with Gasteiger partial charge in [-0.1, -0.05) is 6.42 Å². The first kappa shape index (κ1) is 12.8. The van der Waals surface area contributed by atoms with E-state index in [0.717, 1.165) is 13.1 Å². The van der Waals surface area contributed by atoms with E-state index >= 15 is 0 Å². The molecule has 3 heterocycles. The van der Waals surface area contributed by atoms with E-state index in [4.69, 9.17) is 5.84 Å². The minimum Gasteiger partial charge on any atom is -0.292 e. The molecule has 9 heteroatoms. The van der Waals surface area contributed by atoms with Gasteiger partial charge in [-0.3, -0.25) is 15.4 Å². The Morgan fingerprint density at radius 3 is 2.55 bits per heavy atom. The van der Waals surface area contributed by atoms with Crippen molar-refractivity contribution < 1.29 is 0 Å². The largest absolute Gasteiger partial charge is 0.292 e. The summed E-state index contributed by atoms with van der Waals surface area (Å²) in [5, 5.41) is 2.11. The summed E-state index contributed by atoms with van der Waals surface area (Å²) in [5.74, 6) is 6.65. The van der Waals surface area contributed by atoms with Gasteiger partial charge in [-0.15, -0.1) is 0 Å². The average Bonchev–Trinajstić information content (AvgIpc) is 3.02. The molecule has 0 amide bonds. The van der Waals surface area contributed by atoms with E-state index in [0.29, 0.717) is 17.8 Å². The Kier molecular flexibility index (Phi) is 3.70. The second-order valence-electron chi connectivity index (χ2n) is 4.56. The highest BCUT2D eigenvalue weighted by molar-refractivity contribution is 5.36. The summed E-state index contributed by atoms with van der Waals surface area (Å²) in [5.41, 5.74) is 5.65. The van der Waals surface area contributed by atoms with E-state index in [1.54, 1.807) is 23.3 Å². The van der Waals surface area contributed by atoms with Gasteiger partial charge in [0.05, 0.1) is 0 Å². The molecule has 1 aliphatic heterocycles. The number of nitrogens with zero attached hydrogens (tertiary/aromatic N) is 6. The number of aromatic nitrogens is 5. The van der Waals surface area contributed by atoms with Crippen LogP contribution in [0.15, 0.2) is 18.7 Å². The highest BCUT2D eigenvalue weighted by Gasteiger charge is 2.13. The molecule has 0 bridgehead atoms. The highest BCUT2D eigenvalue weighted by atomic mass is 15.5. The fourth-order valence-corrected chi connectivity index (χ4v) is 2.12. The van der Waals surface area contributed by atoms with Crippen LogP contribution in [0.2, 0.25) is 0 Å². The van der Waals surface area contributed by atoms with Gasteiger partial charge in [-0.2, -0.15) is 15.0 Å². The molecule has 9 nitrogen and oxygen atoms in total. The van der Waals surface area contributed by atoms with Gasteiger partial charge in [-0.25, -0.2) is 15.8 Å². The number of nitrogens with two attached hydrogens (primary N) is 1. The van der Waals surface area contributed by atoms with Gasteiger partial charge < -0.3 is 0 Å². The standard InChI is InChI=1S/C11H17N9/c12-17-9-14-10(18-20-5-2-1-3-6-20)16-11(15-9)19-7-4-13-8-19/h4,7-8H,1-3,5-6,12H2,(H2,14,15,16,17,18). The zero-order chi connectivity index (χ0) is 13.8. The Balaban J connectivity index is 1.84. The Labute approximate surface area is 116 Å². The van der Waals surface area contributed by atoms with E-state index in [-0.39, 0.29) is 0 Å². The van der Waals surface area contributed by atoms with Gasteiger partial charge in [0.25, 0.3) is 0 Å². The van der Waals surface area contributed by atoms with Crippen LogP contribution in [-0.2, 0) is 0 Å². The van der Waals surface area contributed by atoms with Gasteiger partial charge in [0.15, 0.2) is 0 Å². The Morgan fingerprint density at radius 1 is 1.05 bits per heavy atom. The number of nitrogens with one attached hydrogen (secondary N) is 2. The number of hydrazine groups is 2. The summed E-state index contributed by atoms with van der Waals surface area (Å²) < 4.78 is 1.70. The number of hydrogen-bond donors (Lipinski definition) is 3. The van der Waals surface area contributed by atoms with Gasteiger partial charge in [0, 0.05) is 25.5 Å². The Hall–Kier alpha value is -2.26. The predicted octanol–water partition coefficient (Wildman–Crippen LogP) is 0.156. The monoisotopic (exact) mass is 275 g/mol. The van der Waals surface area contributed by atoms with E-state index in [1.807, 2.05) is 0 Å². The van der Waals surface area contributed by atoms with Crippen molar-refractivity contribution in [2.24, 2.45) is 5.84 Å². The van der Waals surface area contributed by atoms with Crippen LogP contribution in [0.25, 0.3) is 5.95 Å². The van der Waals surface area contributed by atoms with Crippen LogP contribution in [0.4, 0.5) is 11.9 Å². The van der Waals surface area contributed by atoms with Crippen LogP contribution < -0.4 is 16.7 Å². The predicted molar refractivity (Wildman–Crippen MR) is 73.8 cm³/mol. The van der Waals surface area contributed by atoms with Crippen molar-refractivity contribution in [2.45, 2.75) is 19.3 Å². The molecule has 20 heavy (non-hydrogen) atoms. The average molecular weight is 275 g/mol. The fourth-order valence-electron chi connectivity index (χ4n) is 2.12. The molecule has 0 atom stereocenters. The lowest BCUT2D eigenvalue weighted by atomic mass is 10.2. The molecule has 0 aliphatic carbocycles. The van der Waals surface area contributed by atoms with Crippen LogP contribution in [-0.4, -0.2) is 42.6 Å². The van der Waals surface area contributed by atoms with E-state index in [9.17, 15) is 0 Å². The van der Waals surface area contributed by atoms with Crippen molar-refractivity contribution in [2.75, 3.05) is 23.9 Å². The zero-order valence-electron chi connectivity index (χ0n) is 11.0. The molecule has 2 aromatic heterocycles. The molecular formula is C11H17N9. The van der Waals surface area contributed by atoms with Crippen molar-refractivity contribution in [3.8, 4) is 5.95 Å². The summed E-state index contributed by atoms with van der Waals surface area (Å²) in [6.07, 6.45) is 8.67. The lowest BCUT2D eigenvalue weighted by Crippen LogP contribution is -2.35. The summed E-state index contributed by atoms with van der Waals surface area (Å²) in [6.45, 7) is 1.97. The molecule has 0 saturated carbocycles. The first-order chi connectivity index (χ1) is 9.85. The number of hydrogen-bond acceptors (Lipinski definition) is 8. The Morgan fingerprint density at radius 2 is 1.85 bits per heavy atom. The zero-order valence-corrected chi connectivity index (χ0v) is 11.0.